The first kappa shape index (κ1) is 25.8. The van der Waals surface area contributed by atoms with Crippen LogP contribution in [0.15, 0.2) is 125 Å². The van der Waals surface area contributed by atoms with Gasteiger partial charge in [0.15, 0.2) is 0 Å². The van der Waals surface area contributed by atoms with E-state index in [1.165, 1.54) is 84.3 Å². The van der Waals surface area contributed by atoms with Crippen molar-refractivity contribution in [1.82, 2.24) is 8.97 Å². The molecule has 0 atom stereocenters. The second-order valence-corrected chi connectivity index (χ2v) is 13.8. The van der Waals surface area contributed by atoms with Crippen molar-refractivity contribution < 1.29 is 8.42 Å². The third kappa shape index (κ3) is 3.39. The maximum Gasteiger partial charge on any atom is 0.206 e. The average molecular weight is 600 g/mol. The summed E-state index contributed by atoms with van der Waals surface area (Å²) in [5, 5.41) is 16.3. The molecule has 6 aromatic carbocycles. The molecule has 0 N–H and O–H groups in total. The van der Waals surface area contributed by atoms with Gasteiger partial charge in [-0.2, -0.15) is 5.26 Å². The van der Waals surface area contributed by atoms with E-state index < -0.39 is 9.84 Å². The molecule has 214 valence electrons. The number of fused-ring (bicyclic) bond motifs is 6. The third-order valence-corrected chi connectivity index (χ3v) is 11.2. The van der Waals surface area contributed by atoms with Crippen LogP contribution in [0.3, 0.4) is 0 Å². The van der Waals surface area contributed by atoms with Crippen LogP contribution in [0.4, 0.5) is 0 Å². The van der Waals surface area contributed by atoms with Crippen LogP contribution in [0.5, 0.6) is 0 Å². The van der Waals surface area contributed by atoms with Crippen LogP contribution < -0.4 is 0 Å². The van der Waals surface area contributed by atoms with Gasteiger partial charge in [0.05, 0.1) is 49.0 Å². The molecule has 3 heterocycles. The SMILES string of the molecule is Cc1cc2c3ccc4c5c6c(cccc6n4-c4ccc(S(=O)(=O)c6ccc(C#N)cc6)cc4)c4ccccc4n(c2cc1C)c35. The van der Waals surface area contributed by atoms with Gasteiger partial charge in [0.2, 0.25) is 9.84 Å². The highest BCUT2D eigenvalue weighted by Gasteiger charge is 2.24. The Hall–Kier alpha value is -5.64. The lowest BCUT2D eigenvalue weighted by molar-refractivity contribution is 0.596. The van der Waals surface area contributed by atoms with Crippen molar-refractivity contribution in [1.29, 1.82) is 5.26 Å². The number of hydrogen-bond donors (Lipinski definition) is 0. The molecule has 0 amide bonds. The Morgan fingerprint density at radius 3 is 1.98 bits per heavy atom. The van der Waals surface area contributed by atoms with E-state index in [9.17, 15) is 8.42 Å². The molecule has 0 unspecified atom stereocenters. The quantitative estimate of drug-likeness (QED) is 0.203. The van der Waals surface area contributed by atoms with Gasteiger partial charge in [-0.15, -0.1) is 0 Å². The summed E-state index contributed by atoms with van der Waals surface area (Å²) in [6.45, 7) is 4.35. The van der Waals surface area contributed by atoms with Crippen LogP contribution in [0, 0.1) is 25.2 Å². The van der Waals surface area contributed by atoms with Crippen molar-refractivity contribution in [2.24, 2.45) is 0 Å². The van der Waals surface area contributed by atoms with Gasteiger partial charge >= 0.3 is 0 Å². The van der Waals surface area contributed by atoms with Crippen LogP contribution in [-0.4, -0.2) is 17.4 Å². The standard InChI is InChI=1S/C39H25N3O2S/c1-23-20-32-31-18-19-35-38-37-30(29-6-3-4-8-33(29)42(39(31)38)36(32)21-24(23)2)7-5-9-34(37)41(35)26-12-16-28(17-13-26)45(43,44)27-14-10-25(22-40)11-15-27/h3-21H,1-2H3. The van der Waals surface area contributed by atoms with E-state index in [-0.39, 0.29) is 9.79 Å². The second-order valence-electron chi connectivity index (χ2n) is 11.8. The first-order valence-corrected chi connectivity index (χ1v) is 16.3. The molecule has 0 fully saturated rings. The fourth-order valence-corrected chi connectivity index (χ4v) is 8.43. The predicted octanol–water partition coefficient (Wildman–Crippen LogP) is 9.26. The van der Waals surface area contributed by atoms with E-state index in [4.69, 9.17) is 5.26 Å². The molecule has 6 heteroatoms. The largest absolute Gasteiger partial charge is 0.309 e. The zero-order valence-electron chi connectivity index (χ0n) is 24.5. The fraction of sp³-hybridized carbons (Fsp3) is 0.0513. The summed E-state index contributed by atoms with van der Waals surface area (Å²) in [4.78, 5) is 0.373. The van der Waals surface area contributed by atoms with Crippen molar-refractivity contribution in [2.75, 3.05) is 0 Å². The molecule has 45 heavy (non-hydrogen) atoms. The zero-order chi connectivity index (χ0) is 30.6. The summed E-state index contributed by atoms with van der Waals surface area (Å²) in [5.74, 6) is 0. The lowest BCUT2D eigenvalue weighted by Crippen LogP contribution is -2.03. The van der Waals surface area contributed by atoms with Crippen LogP contribution in [0.2, 0.25) is 0 Å². The fourth-order valence-electron chi connectivity index (χ4n) is 7.17. The first-order chi connectivity index (χ1) is 21.9. The Labute approximate surface area is 259 Å². The monoisotopic (exact) mass is 599 g/mol. The van der Waals surface area contributed by atoms with Crippen molar-refractivity contribution in [3.63, 3.8) is 0 Å². The number of sulfone groups is 1. The number of rotatable bonds is 3. The maximum absolute atomic E-state index is 13.4. The third-order valence-electron chi connectivity index (χ3n) is 9.43. The zero-order valence-corrected chi connectivity index (χ0v) is 25.4. The average Bonchev–Trinajstić information content (AvgIpc) is 3.52. The van der Waals surface area contributed by atoms with Crippen molar-refractivity contribution in [3.8, 4) is 11.8 Å². The summed E-state index contributed by atoms with van der Waals surface area (Å²) in [6, 6.07) is 39.4. The van der Waals surface area contributed by atoms with Crippen molar-refractivity contribution >= 4 is 69.7 Å². The van der Waals surface area contributed by atoms with E-state index in [1.807, 2.05) is 18.2 Å². The number of aryl methyl sites for hydroxylation is 2. The summed E-state index contributed by atoms with van der Waals surface area (Å²) < 4.78 is 31.6. The van der Waals surface area contributed by atoms with Crippen LogP contribution in [-0.2, 0) is 9.84 Å². The first-order valence-electron chi connectivity index (χ1n) is 14.8. The molecule has 0 spiro atoms. The molecule has 0 aliphatic carbocycles. The number of nitrogens with zero attached hydrogens (tertiary/aromatic N) is 3. The maximum atomic E-state index is 13.4. The second kappa shape index (κ2) is 8.95. The molecule has 0 saturated carbocycles. The highest BCUT2D eigenvalue weighted by atomic mass is 32.2. The van der Waals surface area contributed by atoms with Gasteiger partial charge in [-0.25, -0.2) is 8.42 Å². The lowest BCUT2D eigenvalue weighted by atomic mass is 10.0. The van der Waals surface area contributed by atoms with Gasteiger partial charge < -0.3 is 8.97 Å². The van der Waals surface area contributed by atoms with Crippen molar-refractivity contribution in [3.05, 3.63) is 132 Å². The van der Waals surface area contributed by atoms with E-state index in [0.717, 1.165) is 16.7 Å². The normalized spacial score (nSPS) is 12.4. The Kier molecular flexibility index (Phi) is 5.13. The summed E-state index contributed by atoms with van der Waals surface area (Å²) >= 11 is 0. The molecule has 0 radical (unpaired) electrons. The smallest absolute Gasteiger partial charge is 0.206 e. The van der Waals surface area contributed by atoms with E-state index in [2.05, 4.69) is 89.5 Å². The summed E-state index contributed by atoms with van der Waals surface area (Å²) in [7, 11) is -3.74. The van der Waals surface area contributed by atoms with Crippen LogP contribution in [0.1, 0.15) is 16.7 Å². The molecule has 3 aromatic heterocycles. The molecular formula is C39H25N3O2S. The minimum absolute atomic E-state index is 0.164. The molecule has 5 nitrogen and oxygen atoms in total. The minimum Gasteiger partial charge on any atom is -0.309 e. The Morgan fingerprint density at radius 2 is 1.22 bits per heavy atom. The molecular weight excluding hydrogens is 575 g/mol. The van der Waals surface area contributed by atoms with E-state index in [0.29, 0.717) is 5.56 Å². The van der Waals surface area contributed by atoms with Gasteiger partial charge in [-0.1, -0.05) is 36.4 Å². The number of aromatic nitrogens is 2. The Morgan fingerprint density at radius 1 is 0.578 bits per heavy atom. The summed E-state index contributed by atoms with van der Waals surface area (Å²) in [5.41, 5.74) is 9.52. The number of para-hydroxylation sites is 1. The minimum atomic E-state index is -3.74. The molecule has 9 rings (SSSR count). The summed E-state index contributed by atoms with van der Waals surface area (Å²) in [6.07, 6.45) is 0. The topological polar surface area (TPSA) is 67.3 Å². The predicted molar refractivity (Wildman–Crippen MR) is 182 cm³/mol. The van der Waals surface area contributed by atoms with Gasteiger partial charge in [0.1, 0.15) is 0 Å². The molecule has 0 saturated heterocycles. The van der Waals surface area contributed by atoms with Crippen LogP contribution in [0.25, 0.3) is 65.6 Å². The van der Waals surface area contributed by atoms with Crippen LogP contribution >= 0.6 is 0 Å². The number of hydrogen-bond acceptors (Lipinski definition) is 3. The number of benzene rings is 6. The van der Waals surface area contributed by atoms with Gasteiger partial charge in [-0.3, -0.25) is 0 Å². The number of nitriles is 1. The molecule has 0 aliphatic rings. The Bertz CT molecular complexity index is 2830. The highest BCUT2D eigenvalue weighted by Crippen LogP contribution is 2.45. The van der Waals surface area contributed by atoms with Gasteiger partial charge in [-0.05, 0) is 109 Å². The van der Waals surface area contributed by atoms with E-state index in [1.54, 1.807) is 12.1 Å². The van der Waals surface area contributed by atoms with E-state index >= 15 is 0 Å². The highest BCUT2D eigenvalue weighted by molar-refractivity contribution is 7.91. The molecule has 0 bridgehead atoms. The van der Waals surface area contributed by atoms with Gasteiger partial charge in [0, 0.05) is 32.6 Å². The lowest BCUT2D eigenvalue weighted by Gasteiger charge is -2.11. The molecule has 9 aromatic rings. The molecule has 0 aliphatic heterocycles. The van der Waals surface area contributed by atoms with Crippen molar-refractivity contribution in [2.45, 2.75) is 23.6 Å². The van der Waals surface area contributed by atoms with Gasteiger partial charge in [0.25, 0.3) is 0 Å². The Balaban J connectivity index is 1.37.